The number of nitrogens with zero attached hydrogens (tertiary/aromatic N) is 2. The van der Waals surface area contributed by atoms with E-state index >= 15 is 0 Å². The van der Waals surface area contributed by atoms with Gasteiger partial charge in [0.2, 0.25) is 5.91 Å². The fourth-order valence-corrected chi connectivity index (χ4v) is 5.23. The van der Waals surface area contributed by atoms with Gasteiger partial charge in [-0.25, -0.2) is 4.79 Å². The molecule has 11 heteroatoms. The molecule has 34 heavy (non-hydrogen) atoms. The number of aliphatic carboxylic acids is 1. The summed E-state index contributed by atoms with van der Waals surface area (Å²) in [5.41, 5.74) is 6.63. The van der Waals surface area contributed by atoms with Gasteiger partial charge in [0.25, 0.3) is 11.8 Å². The second-order valence-corrected chi connectivity index (χ2v) is 9.55. The number of β-lactam (4-membered cyclic amide) rings is 1. The summed E-state index contributed by atoms with van der Waals surface area (Å²) in [6.07, 6.45) is 3.67. The number of hydrogen-bond donors (Lipinski definition) is 3. The number of hydrogen-bond acceptors (Lipinski definition) is 5. The minimum atomic E-state index is -1.19. The van der Waals surface area contributed by atoms with Gasteiger partial charge in [0.05, 0.1) is 26.6 Å². The second-order valence-electron chi connectivity index (χ2n) is 8.44. The lowest BCUT2D eigenvalue weighted by Crippen LogP contribution is -3.00. The van der Waals surface area contributed by atoms with Crippen LogP contribution in [0.15, 0.2) is 53.8 Å². The van der Waals surface area contributed by atoms with E-state index in [1.807, 2.05) is 50.4 Å². The van der Waals surface area contributed by atoms with Gasteiger partial charge in [-0.3, -0.25) is 19.3 Å². The van der Waals surface area contributed by atoms with Crippen molar-refractivity contribution < 1.29 is 41.2 Å². The smallest absolute Gasteiger partial charge is 0.352 e. The number of halogens is 1. The molecule has 0 bridgehead atoms. The third kappa shape index (κ3) is 6.19. The quantitative estimate of drug-likeness (QED) is 0.236. The van der Waals surface area contributed by atoms with Crippen LogP contribution in [0.4, 0.5) is 0 Å². The van der Waals surface area contributed by atoms with E-state index in [4.69, 9.17) is 5.73 Å². The number of nitrogens with two attached hydrogens (primary N) is 1. The molecule has 0 saturated carbocycles. The Bertz CT molecular complexity index is 1020. The highest BCUT2D eigenvalue weighted by molar-refractivity contribution is 8.00. The van der Waals surface area contributed by atoms with Crippen molar-refractivity contribution in [3.63, 3.8) is 0 Å². The Labute approximate surface area is 209 Å². The van der Waals surface area contributed by atoms with Gasteiger partial charge in [-0.05, 0) is 24.1 Å². The minimum Gasteiger partial charge on any atom is -1.00 e. The first-order valence-corrected chi connectivity index (χ1v) is 11.7. The monoisotopic (exact) mass is 508 g/mol. The first kappa shape index (κ1) is 27.4. The Balaban J connectivity index is 0.00000408. The molecular formula is C23H29ClN4O5S. The third-order valence-electron chi connectivity index (χ3n) is 5.89. The largest absolute Gasteiger partial charge is 1.00 e. The molecule has 0 spiro atoms. The maximum Gasteiger partial charge on any atom is 0.352 e. The van der Waals surface area contributed by atoms with Crippen LogP contribution in [0.3, 0.4) is 0 Å². The molecule has 184 valence electrons. The van der Waals surface area contributed by atoms with Crippen molar-refractivity contribution in [2.45, 2.75) is 24.8 Å². The average molecular weight is 509 g/mol. The van der Waals surface area contributed by atoms with Crippen molar-refractivity contribution in [2.75, 3.05) is 32.4 Å². The Morgan fingerprint density at radius 3 is 2.56 bits per heavy atom. The summed E-state index contributed by atoms with van der Waals surface area (Å²) in [7, 11) is 1.90. The van der Waals surface area contributed by atoms with Gasteiger partial charge in [0, 0.05) is 5.75 Å². The lowest BCUT2D eigenvalue weighted by molar-refractivity contribution is -0.894. The Morgan fingerprint density at radius 1 is 1.29 bits per heavy atom. The van der Waals surface area contributed by atoms with Gasteiger partial charge >= 0.3 is 5.97 Å². The highest BCUT2D eigenvalue weighted by atomic mass is 35.5. The van der Waals surface area contributed by atoms with Gasteiger partial charge in [0.1, 0.15) is 17.1 Å². The molecule has 1 fully saturated rings. The number of benzene rings is 1. The number of carbonyl (C=O) groups excluding carboxylic acids is 3. The van der Waals surface area contributed by atoms with E-state index in [2.05, 4.69) is 5.32 Å². The molecule has 0 aliphatic carbocycles. The molecule has 1 aromatic carbocycles. The van der Waals surface area contributed by atoms with Crippen molar-refractivity contribution in [2.24, 2.45) is 5.73 Å². The fraction of sp³-hybridized carbons (Fsp3) is 0.391. The minimum absolute atomic E-state index is 0. The van der Waals surface area contributed by atoms with Crippen molar-refractivity contribution in [3.05, 3.63) is 59.3 Å². The molecule has 9 nitrogen and oxygen atoms in total. The summed E-state index contributed by atoms with van der Waals surface area (Å²) in [5.74, 6) is -1.91. The van der Waals surface area contributed by atoms with Crippen molar-refractivity contribution in [1.82, 2.24) is 10.2 Å². The first-order chi connectivity index (χ1) is 15.6. The molecule has 1 aromatic rings. The number of thioether (sulfide) groups is 1. The number of nitrogens with one attached hydrogen (secondary N) is 1. The van der Waals surface area contributed by atoms with Crippen molar-refractivity contribution >= 4 is 35.5 Å². The van der Waals surface area contributed by atoms with E-state index in [-0.39, 0.29) is 37.0 Å². The zero-order valence-corrected chi connectivity index (χ0v) is 20.6. The lowest BCUT2D eigenvalue weighted by Gasteiger charge is -2.49. The summed E-state index contributed by atoms with van der Waals surface area (Å²) in [4.78, 5) is 49.7. The van der Waals surface area contributed by atoms with Crippen molar-refractivity contribution in [3.8, 4) is 0 Å². The number of rotatable bonds is 10. The van der Waals surface area contributed by atoms with Crippen LogP contribution in [0.1, 0.15) is 12.5 Å². The number of likely N-dealkylation sites (N-methyl/N-ethyl adjacent to an activating group) is 1. The number of carboxylic acid groups (broad SMARTS) is 1. The van der Waals surface area contributed by atoms with Crippen LogP contribution in [0.25, 0.3) is 0 Å². The molecule has 3 amide bonds. The van der Waals surface area contributed by atoms with Crippen molar-refractivity contribution in [1.29, 1.82) is 0 Å². The summed E-state index contributed by atoms with van der Waals surface area (Å²) < 4.78 is 0.398. The molecular weight excluding hydrogens is 480 g/mol. The van der Waals surface area contributed by atoms with E-state index in [0.717, 1.165) is 5.56 Å². The SMILES string of the molecule is CC[N+](C)(C/C=C/C1=C(C(=O)O)N2C(=O)[C@@H](NC(=O)Cc3ccccc3)[C@H]2SC1)CC(N)=O.[Cl-]. The number of carboxylic acids is 1. The fourth-order valence-electron chi connectivity index (χ4n) is 3.91. The van der Waals surface area contributed by atoms with Crippen LogP contribution in [0, 0.1) is 0 Å². The highest BCUT2D eigenvalue weighted by Crippen LogP contribution is 2.40. The molecule has 3 rings (SSSR count). The second kappa shape index (κ2) is 11.5. The molecule has 2 aliphatic rings. The average Bonchev–Trinajstić information content (AvgIpc) is 2.77. The topological polar surface area (TPSA) is 130 Å². The Hall–Kier alpha value is -2.82. The van der Waals surface area contributed by atoms with Gasteiger partial charge in [0.15, 0.2) is 6.54 Å². The zero-order valence-electron chi connectivity index (χ0n) is 19.1. The maximum atomic E-state index is 12.8. The lowest BCUT2D eigenvalue weighted by atomic mass is 10.0. The molecule has 1 unspecified atom stereocenters. The van der Waals surface area contributed by atoms with Gasteiger partial charge < -0.3 is 33.0 Å². The van der Waals surface area contributed by atoms with Crippen LogP contribution in [-0.4, -0.2) is 82.0 Å². The number of allylic oxidation sites excluding steroid dienone is 1. The van der Waals surface area contributed by atoms with Gasteiger partial charge in [-0.1, -0.05) is 36.4 Å². The summed E-state index contributed by atoms with van der Waals surface area (Å²) in [6.45, 7) is 3.31. The normalized spacial score (nSPS) is 21.2. The summed E-state index contributed by atoms with van der Waals surface area (Å²) >= 11 is 1.42. The predicted octanol–water partition coefficient (Wildman–Crippen LogP) is -2.52. The van der Waals surface area contributed by atoms with Crippen LogP contribution >= 0.6 is 11.8 Å². The van der Waals surface area contributed by atoms with E-state index < -0.39 is 29.2 Å². The number of carbonyl (C=O) groups is 4. The van der Waals surface area contributed by atoms with Gasteiger partial charge in [-0.15, -0.1) is 11.8 Å². The first-order valence-electron chi connectivity index (χ1n) is 10.7. The van der Waals surface area contributed by atoms with E-state index in [1.165, 1.54) is 16.7 Å². The van der Waals surface area contributed by atoms with E-state index in [9.17, 15) is 24.3 Å². The van der Waals surface area contributed by atoms with Gasteiger partial charge in [-0.2, -0.15) is 0 Å². The maximum absolute atomic E-state index is 12.8. The molecule has 0 radical (unpaired) electrons. The standard InChI is InChI=1S/C23H28N4O5S.ClH/c1-3-27(2,13-17(24)28)11-7-10-16-14-33-22-19(21(30)26(22)20(16)23(31)32)25-18(29)12-15-8-5-4-6-9-15;/h4-10,19,22H,3,11-14H2,1-2H3,(H3-,24,25,28,29,31,32);1H/b10-7+;/t19-,22-,27?;/m1./s1. The summed E-state index contributed by atoms with van der Waals surface area (Å²) in [5, 5.41) is 12.1. The third-order valence-corrected chi connectivity index (χ3v) is 7.19. The molecule has 2 aliphatic heterocycles. The van der Waals surface area contributed by atoms with Crippen LogP contribution in [-0.2, 0) is 25.6 Å². The predicted molar refractivity (Wildman–Crippen MR) is 125 cm³/mol. The van der Waals surface area contributed by atoms with Crippen LogP contribution < -0.4 is 23.5 Å². The zero-order chi connectivity index (χ0) is 24.2. The van der Waals surface area contributed by atoms with E-state index in [0.29, 0.717) is 28.9 Å². The molecule has 2 heterocycles. The number of primary amides is 1. The van der Waals surface area contributed by atoms with E-state index in [1.54, 1.807) is 6.08 Å². The highest BCUT2D eigenvalue weighted by Gasteiger charge is 2.53. The van der Waals surface area contributed by atoms with Crippen LogP contribution in [0.2, 0.25) is 0 Å². The Kier molecular flexibility index (Phi) is 9.31. The molecule has 3 atom stereocenters. The van der Waals surface area contributed by atoms with Crippen LogP contribution in [0.5, 0.6) is 0 Å². The number of quaternary nitrogens is 1. The molecule has 4 N–H and O–H groups in total. The summed E-state index contributed by atoms with van der Waals surface area (Å²) in [6, 6.07) is 8.45. The number of amides is 3. The molecule has 1 saturated heterocycles. The molecule has 0 aromatic heterocycles. The Morgan fingerprint density at radius 2 is 1.97 bits per heavy atom. The number of fused-ring (bicyclic) bond motifs is 1.